The Hall–Kier alpha value is -3.16. The third-order valence-corrected chi connectivity index (χ3v) is 7.54. The molecule has 2 aromatic carbocycles. The van der Waals surface area contributed by atoms with E-state index < -0.39 is 0 Å². The molecule has 8 heteroatoms. The minimum Gasteiger partial charge on any atom is -0.334 e. The molecule has 4 rings (SSSR count). The predicted molar refractivity (Wildman–Crippen MR) is 150 cm³/mol. The van der Waals surface area contributed by atoms with Gasteiger partial charge in [0.05, 0.1) is 17.1 Å². The molecule has 1 saturated heterocycles. The van der Waals surface area contributed by atoms with Gasteiger partial charge in [-0.3, -0.25) is 14.9 Å². The topological polar surface area (TPSA) is 79.3 Å². The summed E-state index contributed by atoms with van der Waals surface area (Å²) >= 11 is 5.99. The van der Waals surface area contributed by atoms with E-state index in [4.69, 9.17) is 16.6 Å². The number of carbonyl (C=O) groups excluding carboxylic acids is 2. The van der Waals surface area contributed by atoms with E-state index in [1.807, 2.05) is 15.5 Å². The van der Waals surface area contributed by atoms with Crippen molar-refractivity contribution in [2.75, 3.05) is 11.9 Å². The highest BCUT2D eigenvalue weighted by molar-refractivity contribution is 6.30. The van der Waals surface area contributed by atoms with Crippen LogP contribution in [0, 0.1) is 5.41 Å². The number of likely N-dealkylation sites (tertiary alicyclic amines) is 1. The van der Waals surface area contributed by atoms with Crippen molar-refractivity contribution in [3.8, 4) is 0 Å². The summed E-state index contributed by atoms with van der Waals surface area (Å²) in [5.41, 5.74) is 3.48. The molecule has 3 aromatic rings. The number of amides is 2. The number of nitrogens with zero attached hydrogens (tertiary/aromatic N) is 3. The molecule has 196 valence electrons. The van der Waals surface area contributed by atoms with Gasteiger partial charge >= 0.3 is 0 Å². The summed E-state index contributed by atoms with van der Waals surface area (Å²) in [6.45, 7) is 14.5. The molecule has 7 nitrogen and oxygen atoms in total. The molecule has 1 fully saturated rings. The lowest BCUT2D eigenvalue weighted by Gasteiger charge is -2.28. The van der Waals surface area contributed by atoms with Crippen LogP contribution in [-0.4, -0.2) is 44.9 Å². The molecule has 0 spiro atoms. The summed E-state index contributed by atoms with van der Waals surface area (Å²) in [5.74, 6) is 0.126. The van der Waals surface area contributed by atoms with Crippen LogP contribution in [0.15, 0.2) is 55.1 Å². The maximum atomic E-state index is 13.1. The second-order valence-electron chi connectivity index (χ2n) is 10.8. The average molecular weight is 522 g/mol. The number of benzene rings is 2. The van der Waals surface area contributed by atoms with Crippen molar-refractivity contribution in [2.24, 2.45) is 5.41 Å². The van der Waals surface area contributed by atoms with Crippen molar-refractivity contribution in [3.63, 3.8) is 0 Å². The van der Waals surface area contributed by atoms with Crippen LogP contribution >= 0.6 is 11.6 Å². The minimum absolute atomic E-state index is 0.00284. The number of hydrogen-bond donors (Lipinski definition) is 2. The number of hydrogen-bond acceptors (Lipinski definition) is 4. The molecule has 2 heterocycles. The number of halogens is 1. The molecule has 0 aliphatic carbocycles. The van der Waals surface area contributed by atoms with Gasteiger partial charge in [-0.15, -0.1) is 0 Å². The summed E-state index contributed by atoms with van der Waals surface area (Å²) in [4.78, 5) is 32.2. The first-order valence-corrected chi connectivity index (χ1v) is 13.2. The maximum Gasteiger partial charge on any atom is 0.257 e. The lowest BCUT2D eigenvalue weighted by molar-refractivity contribution is -0.126. The zero-order valence-corrected chi connectivity index (χ0v) is 22.8. The lowest BCUT2D eigenvalue weighted by atomic mass is 9.88. The van der Waals surface area contributed by atoms with Gasteiger partial charge in [0, 0.05) is 36.3 Å². The zero-order valence-electron chi connectivity index (χ0n) is 22.1. The van der Waals surface area contributed by atoms with E-state index in [0.717, 1.165) is 36.0 Å². The van der Waals surface area contributed by atoms with Crippen molar-refractivity contribution in [3.05, 3.63) is 71.3 Å². The van der Waals surface area contributed by atoms with Crippen molar-refractivity contribution in [2.45, 2.75) is 65.7 Å². The molecule has 2 amide bonds. The van der Waals surface area contributed by atoms with Gasteiger partial charge < -0.3 is 14.8 Å². The van der Waals surface area contributed by atoms with Crippen molar-refractivity contribution >= 4 is 40.4 Å². The van der Waals surface area contributed by atoms with Gasteiger partial charge in [0.25, 0.3) is 5.91 Å². The molecular formula is C29H36ClN5O2. The van der Waals surface area contributed by atoms with Gasteiger partial charge in [-0.1, -0.05) is 45.0 Å². The van der Waals surface area contributed by atoms with Crippen molar-refractivity contribution < 1.29 is 9.59 Å². The Morgan fingerprint density at radius 1 is 1.22 bits per heavy atom. The number of carbonyl (C=O) groups is 2. The number of nitrogens with one attached hydrogen (secondary N) is 2. The van der Waals surface area contributed by atoms with Crippen LogP contribution in [0.4, 0.5) is 5.95 Å². The molecular weight excluding hydrogens is 486 g/mol. The Kier molecular flexibility index (Phi) is 8.05. The van der Waals surface area contributed by atoms with Crippen LogP contribution in [0.3, 0.4) is 0 Å². The second-order valence-corrected chi connectivity index (χ2v) is 11.3. The maximum absolute atomic E-state index is 13.1. The van der Waals surface area contributed by atoms with Crippen LogP contribution in [0.5, 0.6) is 0 Å². The zero-order chi connectivity index (χ0) is 26.7. The largest absolute Gasteiger partial charge is 0.334 e. The van der Waals surface area contributed by atoms with E-state index in [2.05, 4.69) is 57.0 Å². The van der Waals surface area contributed by atoms with E-state index >= 15 is 0 Å². The predicted octanol–water partition coefficient (Wildman–Crippen LogP) is 5.64. The standard InChI is InChI=1S/C29H36ClN5O2/c1-6-26(36)34-15-7-8-23(34)18-35-25-14-9-20(17-31-19(2)29(3,4)5)16-24(25)32-28(35)33-27(37)21-10-12-22(30)13-11-21/h6,9-14,16,19,23,31H,1,7-8,15,17-18H2,2-5H3,(H,32,33,37). The molecule has 2 atom stereocenters. The molecule has 2 unspecified atom stereocenters. The van der Waals surface area contributed by atoms with E-state index in [1.54, 1.807) is 24.3 Å². The number of anilines is 1. The summed E-state index contributed by atoms with van der Waals surface area (Å²) in [7, 11) is 0. The van der Waals surface area contributed by atoms with E-state index in [-0.39, 0.29) is 23.3 Å². The highest BCUT2D eigenvalue weighted by Crippen LogP contribution is 2.27. The highest BCUT2D eigenvalue weighted by atomic mass is 35.5. The number of fused-ring (bicyclic) bond motifs is 1. The van der Waals surface area contributed by atoms with E-state index in [1.165, 1.54) is 6.08 Å². The summed E-state index contributed by atoms with van der Waals surface area (Å²) < 4.78 is 2.01. The van der Waals surface area contributed by atoms with Gasteiger partial charge in [0.15, 0.2) is 0 Å². The normalized spacial score (nSPS) is 16.7. The minimum atomic E-state index is -0.264. The van der Waals surface area contributed by atoms with Crippen LogP contribution in [0.25, 0.3) is 11.0 Å². The third kappa shape index (κ3) is 6.22. The summed E-state index contributed by atoms with van der Waals surface area (Å²) in [6, 6.07) is 13.3. The fraction of sp³-hybridized carbons (Fsp3) is 0.414. The molecule has 1 aromatic heterocycles. The van der Waals surface area contributed by atoms with E-state index in [9.17, 15) is 9.59 Å². The number of imidazole rings is 1. The molecule has 1 aliphatic rings. The van der Waals surface area contributed by atoms with Gasteiger partial charge in [-0.25, -0.2) is 4.98 Å². The van der Waals surface area contributed by atoms with E-state index in [0.29, 0.717) is 35.7 Å². The highest BCUT2D eigenvalue weighted by Gasteiger charge is 2.29. The fourth-order valence-electron chi connectivity index (χ4n) is 4.56. The Balaban J connectivity index is 1.65. The lowest BCUT2D eigenvalue weighted by Crippen LogP contribution is -2.37. The first-order chi connectivity index (χ1) is 17.6. The van der Waals surface area contributed by atoms with Crippen LogP contribution in [0.2, 0.25) is 5.02 Å². The van der Waals surface area contributed by atoms with Crippen LogP contribution < -0.4 is 10.6 Å². The third-order valence-electron chi connectivity index (χ3n) is 7.28. The molecule has 0 bridgehead atoms. The monoisotopic (exact) mass is 521 g/mol. The van der Waals surface area contributed by atoms with Gasteiger partial charge in [-0.2, -0.15) is 0 Å². The SMILES string of the molecule is C=CC(=O)N1CCCC1Cn1c(NC(=O)c2ccc(Cl)cc2)nc2cc(CNC(C)C(C)(C)C)ccc21. The molecule has 1 aliphatic heterocycles. The molecule has 2 N–H and O–H groups in total. The average Bonchev–Trinajstić information content (AvgIpc) is 3.46. The first-order valence-electron chi connectivity index (χ1n) is 12.8. The quantitative estimate of drug-likeness (QED) is 0.376. The van der Waals surface area contributed by atoms with Crippen molar-refractivity contribution in [1.29, 1.82) is 0 Å². The Morgan fingerprint density at radius 3 is 2.62 bits per heavy atom. The Labute approximate surface area is 223 Å². The smallest absolute Gasteiger partial charge is 0.257 e. The van der Waals surface area contributed by atoms with Crippen LogP contribution in [-0.2, 0) is 17.9 Å². The Bertz CT molecular complexity index is 1290. The first kappa shape index (κ1) is 26.9. The van der Waals surface area contributed by atoms with Gasteiger partial charge in [0.2, 0.25) is 11.9 Å². The van der Waals surface area contributed by atoms with Gasteiger partial charge in [-0.05, 0) is 73.2 Å². The number of rotatable bonds is 8. The molecule has 0 saturated carbocycles. The van der Waals surface area contributed by atoms with Gasteiger partial charge in [0.1, 0.15) is 0 Å². The van der Waals surface area contributed by atoms with Crippen LogP contribution in [0.1, 0.15) is 56.5 Å². The molecule has 0 radical (unpaired) electrons. The second kappa shape index (κ2) is 11.1. The van der Waals surface area contributed by atoms with Crippen molar-refractivity contribution in [1.82, 2.24) is 19.8 Å². The molecule has 37 heavy (non-hydrogen) atoms. The number of aromatic nitrogens is 2. The summed E-state index contributed by atoms with van der Waals surface area (Å²) in [6.07, 6.45) is 3.19. The fourth-order valence-corrected chi connectivity index (χ4v) is 4.69. The Morgan fingerprint density at radius 2 is 1.95 bits per heavy atom. The summed E-state index contributed by atoms with van der Waals surface area (Å²) in [5, 5.41) is 7.15.